The zero-order valence-electron chi connectivity index (χ0n) is 22.2. The van der Waals surface area contributed by atoms with E-state index < -0.39 is 0 Å². The van der Waals surface area contributed by atoms with Crippen molar-refractivity contribution < 1.29 is 9.59 Å². The fourth-order valence-corrected chi connectivity index (χ4v) is 6.86. The minimum absolute atomic E-state index is 0.0511. The van der Waals surface area contributed by atoms with Crippen LogP contribution in [0.3, 0.4) is 0 Å². The number of H-pyrrole nitrogens is 1. The van der Waals surface area contributed by atoms with Crippen molar-refractivity contribution in [3.8, 4) is 22.4 Å². The predicted molar refractivity (Wildman–Crippen MR) is 150 cm³/mol. The number of ketones is 1. The molecule has 2 saturated heterocycles. The van der Waals surface area contributed by atoms with E-state index in [-0.39, 0.29) is 35.5 Å². The molecule has 2 bridgehead atoms. The minimum atomic E-state index is -0.110. The number of aromatic amines is 1. The number of piperidine rings is 1. The number of carbonyl (C=O) groups is 2. The Morgan fingerprint density at radius 3 is 2.51 bits per heavy atom. The number of anilines is 1. The molecule has 0 saturated carbocycles. The number of nitrogens with one attached hydrogen (secondary N) is 2. The molecular weight excluding hydrogens is 518 g/mol. The van der Waals surface area contributed by atoms with E-state index in [4.69, 9.17) is 9.97 Å². The molecule has 0 radical (unpaired) electrons. The molecule has 3 aliphatic heterocycles. The van der Waals surface area contributed by atoms with Gasteiger partial charge in [-0.25, -0.2) is 9.97 Å². The van der Waals surface area contributed by atoms with Crippen LogP contribution in [0.15, 0.2) is 61.2 Å². The first kappa shape index (κ1) is 23.9. The quantitative estimate of drug-likeness (QED) is 0.344. The van der Waals surface area contributed by atoms with E-state index in [9.17, 15) is 9.59 Å². The molecule has 11 heteroatoms. The maximum absolute atomic E-state index is 13.3. The average molecular weight is 546 g/mol. The number of amides is 1. The summed E-state index contributed by atoms with van der Waals surface area (Å²) in [4.78, 5) is 42.5. The van der Waals surface area contributed by atoms with E-state index in [1.165, 1.54) is 6.33 Å². The molecule has 5 aromatic rings. The maximum atomic E-state index is 13.3. The Hall–Kier alpha value is -4.93. The van der Waals surface area contributed by atoms with Gasteiger partial charge in [0, 0.05) is 53.9 Å². The molecule has 11 nitrogen and oxygen atoms in total. The topological polar surface area (TPSA) is 134 Å². The van der Waals surface area contributed by atoms with Crippen molar-refractivity contribution in [3.63, 3.8) is 0 Å². The van der Waals surface area contributed by atoms with Crippen molar-refractivity contribution in [2.75, 3.05) is 11.9 Å². The van der Waals surface area contributed by atoms with Gasteiger partial charge in [-0.1, -0.05) is 36.4 Å². The third-order valence-electron chi connectivity index (χ3n) is 8.71. The SMILES string of the molecule is O=C1CCNc2c1c(C1C[C@H]3CC[C@@H](C1)N3C(=O)c1ncn[nH]1)nc1c(-c3ccc(-c4ccccc4)nc3)cnn21. The van der Waals surface area contributed by atoms with Gasteiger partial charge in [0.25, 0.3) is 5.91 Å². The lowest BCUT2D eigenvalue weighted by Gasteiger charge is -2.39. The van der Waals surface area contributed by atoms with Gasteiger partial charge >= 0.3 is 0 Å². The Kier molecular flexibility index (Phi) is 5.44. The van der Waals surface area contributed by atoms with Gasteiger partial charge in [-0.15, -0.1) is 0 Å². The number of carbonyl (C=O) groups excluding carboxylic acids is 2. The first-order valence-corrected chi connectivity index (χ1v) is 14.0. The van der Waals surface area contributed by atoms with Crippen molar-refractivity contribution in [2.45, 2.75) is 50.1 Å². The van der Waals surface area contributed by atoms with Crippen LogP contribution in [-0.2, 0) is 0 Å². The van der Waals surface area contributed by atoms with E-state index in [1.54, 1.807) is 10.7 Å². The molecule has 7 heterocycles. The highest BCUT2D eigenvalue weighted by atomic mass is 16.2. The molecule has 2 fully saturated rings. The second-order valence-corrected chi connectivity index (χ2v) is 11.0. The lowest BCUT2D eigenvalue weighted by molar-refractivity contribution is 0.0556. The standard InChI is InChI=1S/C30H27N9O2/c40-24-10-11-31-29-25(24)26(19-12-20-7-8-21(13-19)38(20)30(41)27-33-16-34-37-27)36-28-22(15-35-39(28)29)18-6-9-23(32-14-18)17-4-2-1-3-5-17/h1-6,9,14-16,19-21,31H,7-8,10-13H2,(H,33,34,37)/t19?,20-,21+. The van der Waals surface area contributed by atoms with E-state index in [0.717, 1.165) is 53.8 Å². The Balaban J connectivity index is 1.18. The average Bonchev–Trinajstić information content (AvgIpc) is 3.76. The highest BCUT2D eigenvalue weighted by Gasteiger charge is 2.46. The normalized spacial score (nSPS) is 21.6. The van der Waals surface area contributed by atoms with Crippen LogP contribution in [0.25, 0.3) is 28.0 Å². The van der Waals surface area contributed by atoms with Crippen LogP contribution in [-0.4, -0.2) is 70.0 Å². The number of hydrogen-bond donors (Lipinski definition) is 2. The van der Waals surface area contributed by atoms with Gasteiger partial charge in [-0.3, -0.25) is 19.7 Å². The van der Waals surface area contributed by atoms with E-state index >= 15 is 0 Å². The number of fused-ring (bicyclic) bond motifs is 5. The van der Waals surface area contributed by atoms with Gasteiger partial charge in [0.1, 0.15) is 12.1 Å². The minimum Gasteiger partial charge on any atom is -0.369 e. The summed E-state index contributed by atoms with van der Waals surface area (Å²) >= 11 is 0. The maximum Gasteiger partial charge on any atom is 0.291 e. The fourth-order valence-electron chi connectivity index (χ4n) is 6.86. The Morgan fingerprint density at radius 2 is 1.78 bits per heavy atom. The molecule has 41 heavy (non-hydrogen) atoms. The summed E-state index contributed by atoms with van der Waals surface area (Å²) in [6.07, 6.45) is 8.78. The molecule has 0 spiro atoms. The molecule has 204 valence electrons. The second kappa shape index (κ2) is 9.33. The van der Waals surface area contributed by atoms with E-state index in [1.807, 2.05) is 53.6 Å². The van der Waals surface area contributed by atoms with Crippen LogP contribution in [0.4, 0.5) is 5.82 Å². The zero-order valence-corrected chi connectivity index (χ0v) is 22.2. The number of pyridine rings is 1. The van der Waals surface area contributed by atoms with Crippen molar-refractivity contribution in [1.29, 1.82) is 0 Å². The number of aromatic nitrogens is 7. The molecule has 8 rings (SSSR count). The van der Waals surface area contributed by atoms with Gasteiger partial charge in [0.2, 0.25) is 5.82 Å². The summed E-state index contributed by atoms with van der Waals surface area (Å²) in [6, 6.07) is 14.2. The highest BCUT2D eigenvalue weighted by Crippen LogP contribution is 2.45. The molecular formula is C30H27N9O2. The fraction of sp³-hybridized carbons (Fsp3) is 0.300. The predicted octanol–water partition coefficient (Wildman–Crippen LogP) is 4.13. The van der Waals surface area contributed by atoms with E-state index in [2.05, 4.69) is 25.6 Å². The molecule has 3 aliphatic rings. The van der Waals surface area contributed by atoms with Crippen LogP contribution in [0.5, 0.6) is 0 Å². The first-order chi connectivity index (χ1) is 20.2. The van der Waals surface area contributed by atoms with Crippen molar-refractivity contribution in [3.05, 3.63) is 78.3 Å². The second-order valence-electron chi connectivity index (χ2n) is 11.0. The highest BCUT2D eigenvalue weighted by molar-refractivity contribution is 6.04. The lowest BCUT2D eigenvalue weighted by atomic mass is 9.84. The summed E-state index contributed by atoms with van der Waals surface area (Å²) in [6.45, 7) is 0.558. The number of benzene rings is 1. The molecule has 0 aliphatic carbocycles. The Bertz CT molecular complexity index is 1770. The summed E-state index contributed by atoms with van der Waals surface area (Å²) in [5.74, 6) is 0.999. The van der Waals surface area contributed by atoms with Crippen molar-refractivity contribution in [2.24, 2.45) is 0 Å². The zero-order chi connectivity index (χ0) is 27.5. The number of rotatable bonds is 4. The molecule has 4 aromatic heterocycles. The largest absolute Gasteiger partial charge is 0.369 e. The van der Waals surface area contributed by atoms with E-state index in [0.29, 0.717) is 30.0 Å². The molecule has 1 amide bonds. The smallest absolute Gasteiger partial charge is 0.291 e. The molecule has 1 unspecified atom stereocenters. The van der Waals surface area contributed by atoms with Crippen LogP contribution in [0, 0.1) is 0 Å². The Labute approximate surface area is 235 Å². The van der Waals surface area contributed by atoms with Gasteiger partial charge < -0.3 is 10.2 Å². The van der Waals surface area contributed by atoms with Crippen LogP contribution in [0.2, 0.25) is 0 Å². The van der Waals surface area contributed by atoms with Gasteiger partial charge in [-0.2, -0.15) is 14.7 Å². The third-order valence-corrected chi connectivity index (χ3v) is 8.71. The summed E-state index contributed by atoms with van der Waals surface area (Å²) < 4.78 is 1.76. The van der Waals surface area contributed by atoms with Crippen molar-refractivity contribution >= 4 is 23.2 Å². The molecule has 1 aromatic carbocycles. The van der Waals surface area contributed by atoms with Gasteiger partial charge in [0.05, 0.1) is 23.1 Å². The summed E-state index contributed by atoms with van der Waals surface area (Å²) in [5.41, 5.74) is 5.86. The van der Waals surface area contributed by atoms with Crippen LogP contribution < -0.4 is 5.32 Å². The Morgan fingerprint density at radius 1 is 0.951 bits per heavy atom. The number of hydrogen-bond acceptors (Lipinski definition) is 8. The molecule has 2 N–H and O–H groups in total. The van der Waals surface area contributed by atoms with Crippen molar-refractivity contribution in [1.82, 2.24) is 39.7 Å². The molecule has 3 atom stereocenters. The number of nitrogens with zero attached hydrogens (tertiary/aromatic N) is 7. The van der Waals surface area contributed by atoms with Crippen LogP contribution in [0.1, 0.15) is 64.7 Å². The summed E-state index contributed by atoms with van der Waals surface area (Å²) in [5, 5.41) is 14.7. The van der Waals surface area contributed by atoms with Crippen LogP contribution >= 0.6 is 0 Å². The third kappa shape index (κ3) is 3.83. The first-order valence-electron chi connectivity index (χ1n) is 14.0. The van der Waals surface area contributed by atoms with Gasteiger partial charge in [0.15, 0.2) is 11.4 Å². The lowest BCUT2D eigenvalue weighted by Crippen LogP contribution is -2.46. The summed E-state index contributed by atoms with van der Waals surface area (Å²) in [7, 11) is 0. The number of Topliss-reactive ketones (excluding diaryl/α,β-unsaturated/α-hetero) is 1. The van der Waals surface area contributed by atoms with Gasteiger partial charge in [-0.05, 0) is 31.7 Å². The monoisotopic (exact) mass is 545 g/mol.